The fourth-order valence-electron chi connectivity index (χ4n) is 3.45. The quantitative estimate of drug-likeness (QED) is 0.806. The Bertz CT molecular complexity index is 621. The summed E-state index contributed by atoms with van der Waals surface area (Å²) in [7, 11) is -1.27. The number of hydrogen-bond donors (Lipinski definition) is 0. The Hall–Kier alpha value is -0.990. The van der Waals surface area contributed by atoms with Crippen LogP contribution in [0.5, 0.6) is 0 Å². The molecule has 3 rings (SSSR count). The molecule has 2 aliphatic heterocycles. The molecule has 1 aromatic carbocycles. The van der Waals surface area contributed by atoms with E-state index in [0.29, 0.717) is 32.2 Å². The Morgan fingerprint density at radius 1 is 0.833 bits per heavy atom. The summed E-state index contributed by atoms with van der Waals surface area (Å²) in [5, 5.41) is 0. The molecule has 0 amide bonds. The molecule has 134 valence electrons. The van der Waals surface area contributed by atoms with E-state index in [0.717, 1.165) is 26.2 Å². The van der Waals surface area contributed by atoms with E-state index in [1.54, 1.807) is 8.61 Å². The molecule has 6 nitrogen and oxygen atoms in total. The molecule has 1 unspecified atom stereocenters. The maximum atomic E-state index is 12.8. The molecule has 24 heavy (non-hydrogen) atoms. The molecule has 0 saturated carbocycles. The van der Waals surface area contributed by atoms with Crippen LogP contribution in [0.3, 0.4) is 0 Å². The van der Waals surface area contributed by atoms with Crippen molar-refractivity contribution in [2.45, 2.75) is 13.0 Å². The van der Waals surface area contributed by atoms with Crippen molar-refractivity contribution in [1.29, 1.82) is 0 Å². The van der Waals surface area contributed by atoms with Crippen LogP contribution in [0.15, 0.2) is 30.3 Å². The van der Waals surface area contributed by atoms with Crippen LogP contribution in [0.2, 0.25) is 0 Å². The first-order chi connectivity index (χ1) is 11.5. The van der Waals surface area contributed by atoms with Gasteiger partial charge >= 0.3 is 0 Å². The molecule has 0 spiro atoms. The molecule has 2 heterocycles. The van der Waals surface area contributed by atoms with Gasteiger partial charge in [-0.1, -0.05) is 30.3 Å². The molecule has 0 radical (unpaired) electrons. The van der Waals surface area contributed by atoms with Crippen LogP contribution in [0.25, 0.3) is 0 Å². The Kier molecular flexibility index (Phi) is 5.56. The van der Waals surface area contributed by atoms with Gasteiger partial charge in [-0.25, -0.2) is 0 Å². The van der Waals surface area contributed by atoms with Crippen LogP contribution in [-0.2, 0) is 10.2 Å². The zero-order valence-electron chi connectivity index (χ0n) is 14.6. The van der Waals surface area contributed by atoms with E-state index in [1.807, 2.05) is 13.1 Å². The number of hydrogen-bond acceptors (Lipinski definition) is 4. The molecule has 0 N–H and O–H groups in total. The highest BCUT2D eigenvalue weighted by atomic mass is 32.2. The highest BCUT2D eigenvalue weighted by Crippen LogP contribution is 2.23. The van der Waals surface area contributed by atoms with Crippen molar-refractivity contribution in [2.24, 2.45) is 0 Å². The minimum Gasteiger partial charge on any atom is -0.304 e. The molecule has 7 heteroatoms. The fraction of sp³-hybridized carbons (Fsp3) is 0.647. The third-order valence-corrected chi connectivity index (χ3v) is 7.25. The first kappa shape index (κ1) is 17.8. The van der Waals surface area contributed by atoms with Crippen LogP contribution in [0.1, 0.15) is 18.5 Å². The average Bonchev–Trinajstić information content (AvgIpc) is 2.62. The molecule has 1 atom stereocenters. The lowest BCUT2D eigenvalue weighted by atomic mass is 10.1. The van der Waals surface area contributed by atoms with Crippen LogP contribution >= 0.6 is 0 Å². The van der Waals surface area contributed by atoms with Gasteiger partial charge in [0.2, 0.25) is 0 Å². The first-order valence-corrected chi connectivity index (χ1v) is 10.1. The third kappa shape index (κ3) is 3.81. The van der Waals surface area contributed by atoms with Crippen LogP contribution in [0, 0.1) is 0 Å². The molecule has 0 aromatic heterocycles. The maximum Gasteiger partial charge on any atom is 0.282 e. The lowest BCUT2D eigenvalue weighted by molar-refractivity contribution is 0.137. The molecular weight excluding hydrogens is 324 g/mol. The molecule has 2 saturated heterocycles. The van der Waals surface area contributed by atoms with Crippen molar-refractivity contribution in [3.63, 3.8) is 0 Å². The van der Waals surface area contributed by atoms with Crippen LogP contribution in [0.4, 0.5) is 0 Å². The Labute approximate surface area is 145 Å². The predicted molar refractivity (Wildman–Crippen MR) is 96.0 cm³/mol. The summed E-state index contributed by atoms with van der Waals surface area (Å²) in [6.45, 7) is 7.72. The van der Waals surface area contributed by atoms with E-state index in [9.17, 15) is 8.42 Å². The fourth-order valence-corrected chi connectivity index (χ4v) is 5.02. The SMILES string of the molecule is CC(c1ccccc1)N1CCN(S(=O)(=O)N2CCN(C)CC2)CC1. The summed E-state index contributed by atoms with van der Waals surface area (Å²) in [5.74, 6) is 0. The summed E-state index contributed by atoms with van der Waals surface area (Å²) >= 11 is 0. The van der Waals surface area contributed by atoms with Gasteiger partial charge < -0.3 is 4.90 Å². The molecule has 0 bridgehead atoms. The molecule has 2 aliphatic rings. The molecule has 2 fully saturated rings. The van der Waals surface area contributed by atoms with Crippen LogP contribution in [-0.4, -0.2) is 86.2 Å². The minimum atomic E-state index is -3.31. The molecule has 0 aliphatic carbocycles. The molecular formula is C17H28N4O2S. The largest absolute Gasteiger partial charge is 0.304 e. The van der Waals surface area contributed by atoms with Gasteiger partial charge in [-0.2, -0.15) is 17.0 Å². The van der Waals surface area contributed by atoms with Crippen LogP contribution < -0.4 is 0 Å². The first-order valence-electron chi connectivity index (χ1n) is 8.71. The van der Waals surface area contributed by atoms with Gasteiger partial charge in [0, 0.05) is 58.4 Å². The average molecular weight is 353 g/mol. The van der Waals surface area contributed by atoms with Gasteiger partial charge in [-0.15, -0.1) is 0 Å². The number of piperazine rings is 2. The highest BCUT2D eigenvalue weighted by molar-refractivity contribution is 7.86. The van der Waals surface area contributed by atoms with E-state index >= 15 is 0 Å². The van der Waals surface area contributed by atoms with Gasteiger partial charge in [0.1, 0.15) is 0 Å². The van der Waals surface area contributed by atoms with Crippen molar-refractivity contribution < 1.29 is 8.42 Å². The topological polar surface area (TPSA) is 47.1 Å². The maximum absolute atomic E-state index is 12.8. The van der Waals surface area contributed by atoms with Gasteiger partial charge in [0.25, 0.3) is 10.2 Å². The van der Waals surface area contributed by atoms with Gasteiger partial charge in [-0.05, 0) is 19.5 Å². The second-order valence-corrected chi connectivity index (χ2v) is 8.66. The zero-order chi connectivity index (χ0) is 17.2. The van der Waals surface area contributed by atoms with E-state index in [4.69, 9.17) is 0 Å². The van der Waals surface area contributed by atoms with E-state index in [-0.39, 0.29) is 0 Å². The van der Waals surface area contributed by atoms with Crippen molar-refractivity contribution in [1.82, 2.24) is 18.4 Å². The van der Waals surface area contributed by atoms with E-state index in [2.05, 4.69) is 41.0 Å². The number of rotatable bonds is 4. The Balaban J connectivity index is 1.58. The van der Waals surface area contributed by atoms with Gasteiger partial charge in [0.05, 0.1) is 0 Å². The van der Waals surface area contributed by atoms with Crippen molar-refractivity contribution in [2.75, 3.05) is 59.4 Å². The minimum absolute atomic E-state index is 0.319. The standard InChI is InChI=1S/C17H28N4O2S/c1-16(17-6-4-3-5-7-17)19-10-14-21(15-11-19)24(22,23)20-12-8-18(2)9-13-20/h3-7,16H,8-15H2,1-2H3. The van der Waals surface area contributed by atoms with Gasteiger partial charge in [0.15, 0.2) is 0 Å². The number of likely N-dealkylation sites (N-methyl/N-ethyl adjacent to an activating group) is 1. The summed E-state index contributed by atoms with van der Waals surface area (Å²) in [5.41, 5.74) is 1.29. The van der Waals surface area contributed by atoms with Gasteiger partial charge in [-0.3, -0.25) is 4.90 Å². The zero-order valence-corrected chi connectivity index (χ0v) is 15.5. The number of nitrogens with zero attached hydrogens (tertiary/aromatic N) is 4. The lowest BCUT2D eigenvalue weighted by Crippen LogP contribution is -2.56. The predicted octanol–water partition coefficient (Wildman–Crippen LogP) is 0.857. The Morgan fingerprint density at radius 2 is 1.33 bits per heavy atom. The summed E-state index contributed by atoms with van der Waals surface area (Å²) in [6, 6.07) is 10.7. The normalized spacial score (nSPS) is 24.1. The van der Waals surface area contributed by atoms with E-state index < -0.39 is 10.2 Å². The summed E-state index contributed by atoms with van der Waals surface area (Å²) in [4.78, 5) is 4.54. The van der Waals surface area contributed by atoms with E-state index in [1.165, 1.54) is 5.56 Å². The lowest BCUT2D eigenvalue weighted by Gasteiger charge is -2.40. The monoisotopic (exact) mass is 352 g/mol. The highest BCUT2D eigenvalue weighted by Gasteiger charge is 2.34. The summed E-state index contributed by atoms with van der Waals surface area (Å²) < 4.78 is 28.9. The third-order valence-electron chi connectivity index (χ3n) is 5.22. The molecule has 1 aromatic rings. The second-order valence-electron chi connectivity index (χ2n) is 6.73. The smallest absolute Gasteiger partial charge is 0.282 e. The Morgan fingerprint density at radius 3 is 1.88 bits per heavy atom. The number of benzene rings is 1. The van der Waals surface area contributed by atoms with Crippen molar-refractivity contribution >= 4 is 10.2 Å². The van der Waals surface area contributed by atoms with Crippen molar-refractivity contribution in [3.05, 3.63) is 35.9 Å². The second kappa shape index (κ2) is 7.49. The summed E-state index contributed by atoms with van der Waals surface area (Å²) in [6.07, 6.45) is 0. The van der Waals surface area contributed by atoms with Crippen molar-refractivity contribution in [3.8, 4) is 0 Å².